The molecule has 4 nitrogen and oxygen atoms in total. The molecule has 0 aromatic heterocycles. The molecule has 0 bridgehead atoms. The van der Waals surface area contributed by atoms with Crippen LogP contribution in [0.15, 0.2) is 24.3 Å². The summed E-state index contributed by atoms with van der Waals surface area (Å²) in [6.45, 7) is 1.61. The van der Waals surface area contributed by atoms with Gasteiger partial charge in [-0.2, -0.15) is 18.0 Å². The van der Waals surface area contributed by atoms with Crippen molar-refractivity contribution in [3.63, 3.8) is 0 Å². The predicted octanol–water partition coefficient (Wildman–Crippen LogP) is 3.98. The van der Waals surface area contributed by atoms with Crippen LogP contribution < -0.4 is 4.74 Å². The highest BCUT2D eigenvalue weighted by atomic mass is 31.1. The third kappa shape index (κ3) is 4.09. The third-order valence-corrected chi connectivity index (χ3v) is 2.66. The number of hydrogen-bond donors (Lipinski definition) is 0. The summed E-state index contributed by atoms with van der Waals surface area (Å²) >= 11 is 0. The minimum absolute atomic E-state index is 0.0668. The molecule has 0 amide bonds. The van der Waals surface area contributed by atoms with Gasteiger partial charge in [-0.1, -0.05) is 0 Å². The van der Waals surface area contributed by atoms with Crippen molar-refractivity contribution in [2.24, 2.45) is 0 Å². The number of halogens is 3. The Hall–Kier alpha value is -1.46. The lowest BCUT2D eigenvalue weighted by Crippen LogP contribution is -2.05. The smallest absolute Gasteiger partial charge is 0.386 e. The molecule has 1 aromatic rings. The lowest BCUT2D eigenvalue weighted by molar-refractivity contribution is -0.137. The Morgan fingerprint density at radius 2 is 1.83 bits per heavy atom. The zero-order valence-electron chi connectivity index (χ0n) is 9.23. The van der Waals surface area contributed by atoms with Crippen LogP contribution in [0.25, 0.3) is 0 Å². The Bertz CT molecular complexity index is 441. The summed E-state index contributed by atoms with van der Waals surface area (Å²) in [5.41, 5.74) is -2.00. The van der Waals surface area contributed by atoms with E-state index in [0.29, 0.717) is 0 Å². The molecular weight excluding hydrogens is 272 g/mol. The SMILES string of the molecule is CCO[P+](=O)C(=O)Oc1ccc(C(F)(F)F)cc1. The molecule has 18 heavy (non-hydrogen) atoms. The first kappa shape index (κ1) is 14.6. The molecule has 0 saturated heterocycles. The monoisotopic (exact) mass is 281 g/mol. The van der Waals surface area contributed by atoms with Gasteiger partial charge in [-0.3, -0.25) is 0 Å². The van der Waals surface area contributed by atoms with E-state index in [9.17, 15) is 22.5 Å². The summed E-state index contributed by atoms with van der Waals surface area (Å²) < 4.78 is 56.8. The summed E-state index contributed by atoms with van der Waals surface area (Å²) in [6.07, 6.45) is -4.46. The number of carbonyl (C=O) groups is 1. The summed E-state index contributed by atoms with van der Waals surface area (Å²) in [6, 6.07) is 3.46. The molecule has 1 atom stereocenters. The van der Waals surface area contributed by atoms with Crippen LogP contribution in [0.3, 0.4) is 0 Å². The van der Waals surface area contributed by atoms with Gasteiger partial charge in [0.25, 0.3) is 0 Å². The molecule has 0 heterocycles. The highest BCUT2D eigenvalue weighted by Crippen LogP contribution is 2.31. The van der Waals surface area contributed by atoms with E-state index in [4.69, 9.17) is 0 Å². The van der Waals surface area contributed by atoms with Gasteiger partial charge in [0.2, 0.25) is 0 Å². The van der Waals surface area contributed by atoms with Gasteiger partial charge < -0.3 is 4.74 Å². The van der Waals surface area contributed by atoms with Crippen molar-refractivity contribution in [2.45, 2.75) is 13.1 Å². The predicted molar refractivity (Wildman–Crippen MR) is 56.7 cm³/mol. The van der Waals surface area contributed by atoms with Crippen LogP contribution in [-0.2, 0) is 15.3 Å². The van der Waals surface area contributed by atoms with Gasteiger partial charge in [0, 0.05) is 0 Å². The van der Waals surface area contributed by atoms with E-state index in [1.54, 1.807) is 6.92 Å². The number of rotatable bonds is 4. The second-order valence-corrected chi connectivity index (χ2v) is 4.20. The Balaban J connectivity index is 2.70. The van der Waals surface area contributed by atoms with Crippen molar-refractivity contribution in [1.82, 2.24) is 0 Å². The molecule has 0 radical (unpaired) electrons. The Kier molecular flexibility index (Phi) is 4.81. The lowest BCUT2D eigenvalue weighted by Gasteiger charge is -2.06. The first-order valence-corrected chi connectivity index (χ1v) is 6.01. The summed E-state index contributed by atoms with van der Waals surface area (Å²) in [7, 11) is -2.63. The molecule has 0 fully saturated rings. The van der Waals surface area contributed by atoms with Crippen molar-refractivity contribution in [3.05, 3.63) is 29.8 Å². The molecular formula is C10H9F3O4P+. The van der Waals surface area contributed by atoms with Gasteiger partial charge in [0.15, 0.2) is 0 Å². The molecule has 0 N–H and O–H groups in total. The van der Waals surface area contributed by atoms with Crippen molar-refractivity contribution < 1.29 is 31.8 Å². The van der Waals surface area contributed by atoms with Crippen molar-refractivity contribution in [1.29, 1.82) is 0 Å². The highest BCUT2D eigenvalue weighted by Gasteiger charge is 2.34. The number of alkyl halides is 3. The molecule has 0 spiro atoms. The average Bonchev–Trinajstić information content (AvgIpc) is 2.28. The minimum atomic E-state index is -4.46. The fraction of sp³-hybridized carbons (Fsp3) is 0.300. The van der Waals surface area contributed by atoms with Crippen molar-refractivity contribution >= 4 is 13.7 Å². The van der Waals surface area contributed by atoms with Gasteiger partial charge >= 0.3 is 19.9 Å². The lowest BCUT2D eigenvalue weighted by atomic mass is 10.2. The number of ether oxygens (including phenoxy) is 1. The standard InChI is InChI=1S/C10H9F3O4P/c1-2-16-18(15)9(14)17-8-5-3-7(4-6-8)10(11,12)13/h3-6H,2H2,1H3/q+1. The Labute approximate surface area is 102 Å². The Morgan fingerprint density at radius 3 is 2.28 bits per heavy atom. The van der Waals surface area contributed by atoms with Gasteiger partial charge in [-0.05, 0) is 35.8 Å². The molecule has 0 aliphatic carbocycles. The molecule has 0 aliphatic heterocycles. The van der Waals surface area contributed by atoms with E-state index < -0.39 is 25.5 Å². The summed E-state index contributed by atoms with van der Waals surface area (Å²) in [5, 5.41) is 0. The van der Waals surface area contributed by atoms with Crippen LogP contribution in [0.1, 0.15) is 12.5 Å². The molecule has 98 valence electrons. The minimum Gasteiger partial charge on any atom is -0.386 e. The second-order valence-electron chi connectivity index (χ2n) is 3.06. The number of carbonyl (C=O) groups excluding carboxylic acids is 1. The quantitative estimate of drug-likeness (QED) is 0.783. The third-order valence-electron chi connectivity index (χ3n) is 1.78. The fourth-order valence-corrected chi connectivity index (χ4v) is 1.54. The Morgan fingerprint density at radius 1 is 1.28 bits per heavy atom. The normalized spacial score (nSPS) is 12.1. The maximum atomic E-state index is 12.2. The highest BCUT2D eigenvalue weighted by molar-refractivity contribution is 7.58. The molecule has 8 heteroatoms. The fourth-order valence-electron chi connectivity index (χ4n) is 1.02. The van der Waals surface area contributed by atoms with E-state index in [1.807, 2.05) is 0 Å². The molecule has 1 rings (SSSR count). The van der Waals surface area contributed by atoms with E-state index in [1.165, 1.54) is 0 Å². The van der Waals surface area contributed by atoms with E-state index >= 15 is 0 Å². The number of hydrogen-bond acceptors (Lipinski definition) is 4. The van der Waals surface area contributed by atoms with E-state index in [-0.39, 0.29) is 12.4 Å². The van der Waals surface area contributed by atoms with Crippen LogP contribution in [0, 0.1) is 0 Å². The van der Waals surface area contributed by atoms with E-state index in [2.05, 4.69) is 9.26 Å². The maximum absolute atomic E-state index is 12.2. The van der Waals surface area contributed by atoms with Gasteiger partial charge in [-0.15, -0.1) is 4.52 Å². The maximum Gasteiger partial charge on any atom is 0.636 e. The molecule has 1 unspecified atom stereocenters. The molecule has 0 saturated carbocycles. The topological polar surface area (TPSA) is 52.6 Å². The van der Waals surface area contributed by atoms with Gasteiger partial charge in [-0.25, -0.2) is 0 Å². The van der Waals surface area contributed by atoms with Crippen molar-refractivity contribution in [2.75, 3.05) is 6.61 Å². The summed E-state index contributed by atoms with van der Waals surface area (Å²) in [5.74, 6) is -0.129. The number of benzene rings is 1. The second kappa shape index (κ2) is 5.93. The first-order chi connectivity index (χ1) is 8.34. The van der Waals surface area contributed by atoms with E-state index in [0.717, 1.165) is 24.3 Å². The van der Waals surface area contributed by atoms with Crippen molar-refractivity contribution in [3.8, 4) is 5.75 Å². The first-order valence-electron chi connectivity index (χ1n) is 4.84. The molecule has 1 aromatic carbocycles. The van der Waals surface area contributed by atoms with Crippen LogP contribution in [0.2, 0.25) is 0 Å². The van der Waals surface area contributed by atoms with Crippen LogP contribution in [0.4, 0.5) is 18.0 Å². The van der Waals surface area contributed by atoms with Crippen LogP contribution >= 0.6 is 8.03 Å². The van der Waals surface area contributed by atoms with Gasteiger partial charge in [0.05, 0.1) is 5.56 Å². The molecule has 0 aliphatic rings. The summed E-state index contributed by atoms with van der Waals surface area (Å²) in [4.78, 5) is 11.1. The van der Waals surface area contributed by atoms with Gasteiger partial charge in [0.1, 0.15) is 12.4 Å². The largest absolute Gasteiger partial charge is 0.636 e. The zero-order chi connectivity index (χ0) is 13.8. The van der Waals surface area contributed by atoms with Crippen LogP contribution in [-0.4, -0.2) is 12.3 Å². The van der Waals surface area contributed by atoms with Crippen LogP contribution in [0.5, 0.6) is 5.75 Å². The average molecular weight is 281 g/mol. The zero-order valence-corrected chi connectivity index (χ0v) is 10.1.